The van der Waals surface area contributed by atoms with Crippen molar-refractivity contribution in [3.63, 3.8) is 0 Å². The van der Waals surface area contributed by atoms with Gasteiger partial charge in [0.2, 0.25) is 0 Å². The lowest BCUT2D eigenvalue weighted by Crippen LogP contribution is -2.32. The van der Waals surface area contributed by atoms with Crippen LogP contribution in [0.1, 0.15) is 16.2 Å². The number of thiophene rings is 1. The molecular formula is C19H15FN2O2S. The monoisotopic (exact) mass is 354 g/mol. The number of halogens is 1. The van der Waals surface area contributed by atoms with Crippen LogP contribution in [0.5, 0.6) is 0 Å². The number of rotatable bonds is 4. The molecule has 25 heavy (non-hydrogen) atoms. The Morgan fingerprint density at radius 1 is 1.08 bits per heavy atom. The third-order valence-electron chi connectivity index (χ3n) is 3.69. The SMILES string of the molecule is F.O=C1/C(=C/c2cccs2)N=C(c2ccccc2)N1Cc1ccco1. The van der Waals surface area contributed by atoms with Crippen molar-refractivity contribution >= 4 is 29.2 Å². The van der Waals surface area contributed by atoms with Gasteiger partial charge in [-0.05, 0) is 29.7 Å². The third kappa shape index (κ3) is 3.44. The van der Waals surface area contributed by atoms with Gasteiger partial charge in [0.15, 0.2) is 0 Å². The van der Waals surface area contributed by atoms with Crippen molar-refractivity contribution in [2.45, 2.75) is 6.54 Å². The lowest BCUT2D eigenvalue weighted by atomic mass is 10.2. The molecule has 0 spiro atoms. The molecule has 1 aliphatic rings. The highest BCUT2D eigenvalue weighted by Gasteiger charge is 2.31. The average molecular weight is 354 g/mol. The molecule has 0 aliphatic carbocycles. The summed E-state index contributed by atoms with van der Waals surface area (Å²) in [6, 6.07) is 17.3. The minimum atomic E-state index is -0.112. The van der Waals surface area contributed by atoms with Crippen LogP contribution in [-0.4, -0.2) is 16.6 Å². The van der Waals surface area contributed by atoms with E-state index in [-0.39, 0.29) is 10.6 Å². The highest BCUT2D eigenvalue weighted by atomic mass is 32.1. The molecule has 0 radical (unpaired) electrons. The first-order valence-corrected chi connectivity index (χ1v) is 8.43. The number of benzene rings is 1. The number of amidine groups is 1. The zero-order valence-corrected chi connectivity index (χ0v) is 14.0. The van der Waals surface area contributed by atoms with Gasteiger partial charge in [-0.3, -0.25) is 14.4 Å². The molecule has 3 aromatic rings. The zero-order chi connectivity index (χ0) is 16.4. The van der Waals surface area contributed by atoms with Gasteiger partial charge in [0, 0.05) is 10.4 Å². The van der Waals surface area contributed by atoms with Crippen LogP contribution >= 0.6 is 11.3 Å². The summed E-state index contributed by atoms with van der Waals surface area (Å²) in [4.78, 5) is 20.1. The van der Waals surface area contributed by atoms with Gasteiger partial charge in [-0.15, -0.1) is 11.3 Å². The van der Waals surface area contributed by atoms with Gasteiger partial charge in [0.05, 0.1) is 12.8 Å². The molecule has 0 N–H and O–H groups in total. The fraction of sp³-hybridized carbons (Fsp3) is 0.0526. The smallest absolute Gasteiger partial charge is 0.278 e. The maximum Gasteiger partial charge on any atom is 0.278 e. The average Bonchev–Trinajstić information content (AvgIpc) is 3.35. The molecule has 0 saturated heterocycles. The Balaban J connectivity index is 0.00000182. The van der Waals surface area contributed by atoms with Gasteiger partial charge >= 0.3 is 0 Å². The van der Waals surface area contributed by atoms with Crippen molar-refractivity contribution in [2.75, 3.05) is 0 Å². The number of furan rings is 1. The van der Waals surface area contributed by atoms with E-state index in [1.54, 1.807) is 22.5 Å². The van der Waals surface area contributed by atoms with E-state index >= 15 is 0 Å². The van der Waals surface area contributed by atoms with E-state index in [9.17, 15) is 4.79 Å². The van der Waals surface area contributed by atoms with Crippen LogP contribution in [-0.2, 0) is 11.3 Å². The van der Waals surface area contributed by atoms with Crippen LogP contribution in [0.15, 0.2) is 81.3 Å². The number of hydrogen-bond donors (Lipinski definition) is 0. The Kier molecular flexibility index (Phi) is 4.90. The number of nitrogens with zero attached hydrogens (tertiary/aromatic N) is 2. The molecule has 0 fully saturated rings. The van der Waals surface area contributed by atoms with Crippen LogP contribution in [0.25, 0.3) is 6.08 Å². The van der Waals surface area contributed by atoms with E-state index in [4.69, 9.17) is 4.42 Å². The van der Waals surface area contributed by atoms with Gasteiger partial charge in [-0.25, -0.2) is 4.99 Å². The van der Waals surface area contributed by atoms with Crippen molar-refractivity contribution in [1.29, 1.82) is 0 Å². The highest BCUT2D eigenvalue weighted by Crippen LogP contribution is 2.25. The second kappa shape index (κ2) is 7.27. The fourth-order valence-electron chi connectivity index (χ4n) is 2.57. The maximum atomic E-state index is 12.8. The van der Waals surface area contributed by atoms with Crippen LogP contribution in [0.2, 0.25) is 0 Å². The van der Waals surface area contributed by atoms with Gasteiger partial charge < -0.3 is 4.42 Å². The summed E-state index contributed by atoms with van der Waals surface area (Å²) in [5.41, 5.74) is 1.36. The Hall–Kier alpha value is -2.99. The molecule has 2 aromatic heterocycles. The number of hydrogen-bond acceptors (Lipinski definition) is 4. The zero-order valence-electron chi connectivity index (χ0n) is 13.2. The predicted octanol–water partition coefficient (Wildman–Crippen LogP) is 4.32. The van der Waals surface area contributed by atoms with Crippen molar-refractivity contribution in [3.8, 4) is 0 Å². The highest BCUT2D eigenvalue weighted by molar-refractivity contribution is 7.10. The van der Waals surface area contributed by atoms with Crippen LogP contribution in [0.4, 0.5) is 4.70 Å². The Morgan fingerprint density at radius 2 is 1.92 bits per heavy atom. The summed E-state index contributed by atoms with van der Waals surface area (Å²) in [6.07, 6.45) is 3.44. The van der Waals surface area contributed by atoms with Gasteiger partial charge in [-0.2, -0.15) is 0 Å². The molecule has 126 valence electrons. The molecule has 4 rings (SSSR count). The largest absolute Gasteiger partial charge is 0.467 e. The summed E-state index contributed by atoms with van der Waals surface area (Å²) in [5.74, 6) is 1.27. The molecule has 0 atom stereocenters. The lowest BCUT2D eigenvalue weighted by molar-refractivity contribution is -0.123. The number of amides is 1. The van der Waals surface area contributed by atoms with Gasteiger partial charge in [-0.1, -0.05) is 36.4 Å². The summed E-state index contributed by atoms with van der Waals surface area (Å²) < 4.78 is 5.40. The Bertz CT molecular complexity index is 900. The van der Waals surface area contributed by atoms with E-state index in [0.717, 1.165) is 16.2 Å². The van der Waals surface area contributed by atoms with E-state index in [1.165, 1.54) is 0 Å². The topological polar surface area (TPSA) is 45.8 Å². The Morgan fingerprint density at radius 3 is 2.60 bits per heavy atom. The van der Waals surface area contributed by atoms with E-state index in [0.29, 0.717) is 18.1 Å². The molecule has 1 aliphatic heterocycles. The first kappa shape index (κ1) is 16.9. The fourth-order valence-corrected chi connectivity index (χ4v) is 3.22. The van der Waals surface area contributed by atoms with Crippen LogP contribution in [0, 0.1) is 0 Å². The quantitative estimate of drug-likeness (QED) is 0.655. The first-order valence-electron chi connectivity index (χ1n) is 7.55. The second-order valence-corrected chi connectivity index (χ2v) is 6.30. The molecule has 3 heterocycles. The van der Waals surface area contributed by atoms with Crippen LogP contribution < -0.4 is 0 Å². The summed E-state index contributed by atoms with van der Waals surface area (Å²) in [5, 5.41) is 1.98. The predicted molar refractivity (Wildman–Crippen MR) is 97.0 cm³/mol. The number of carbonyl (C=O) groups is 1. The number of carbonyl (C=O) groups excluding carboxylic acids is 1. The van der Waals surface area contributed by atoms with Gasteiger partial charge in [0.1, 0.15) is 17.3 Å². The summed E-state index contributed by atoms with van der Waals surface area (Å²) >= 11 is 1.58. The molecule has 1 amide bonds. The maximum absolute atomic E-state index is 12.8. The third-order valence-corrected chi connectivity index (χ3v) is 4.51. The first-order chi connectivity index (χ1) is 11.8. The van der Waals surface area contributed by atoms with Gasteiger partial charge in [0.25, 0.3) is 5.91 Å². The molecule has 0 unspecified atom stereocenters. The number of aliphatic imine (C=N–C) groups is 1. The normalized spacial score (nSPS) is 15.4. The minimum absolute atomic E-state index is 0. The van der Waals surface area contributed by atoms with E-state index in [2.05, 4.69) is 4.99 Å². The second-order valence-electron chi connectivity index (χ2n) is 5.32. The van der Waals surface area contributed by atoms with Crippen molar-refractivity contribution < 1.29 is 13.9 Å². The molecule has 0 saturated carbocycles. The molecule has 0 bridgehead atoms. The summed E-state index contributed by atoms with van der Waals surface area (Å²) in [6.45, 7) is 0.362. The van der Waals surface area contributed by atoms with Crippen molar-refractivity contribution in [2.24, 2.45) is 4.99 Å². The molecular weight excluding hydrogens is 339 g/mol. The lowest BCUT2D eigenvalue weighted by Gasteiger charge is -2.16. The summed E-state index contributed by atoms with van der Waals surface area (Å²) in [7, 11) is 0. The van der Waals surface area contributed by atoms with Crippen molar-refractivity contribution in [3.05, 3.63) is 88.1 Å². The molecule has 4 nitrogen and oxygen atoms in total. The molecule has 1 aromatic carbocycles. The van der Waals surface area contributed by atoms with Crippen molar-refractivity contribution in [1.82, 2.24) is 4.90 Å². The Labute approximate surface area is 148 Å². The van der Waals surface area contributed by atoms with E-state index in [1.807, 2.05) is 66.1 Å². The van der Waals surface area contributed by atoms with E-state index < -0.39 is 0 Å². The molecule has 6 heteroatoms. The minimum Gasteiger partial charge on any atom is -0.467 e. The standard InChI is InChI=1S/C19H14N2O2S.FH/c22-19-17(12-16-9-5-11-24-16)20-18(14-6-2-1-3-7-14)21(19)13-15-8-4-10-23-15;/h1-12H,13H2;1H/b17-12-;. The van der Waals surface area contributed by atoms with Crippen LogP contribution in [0.3, 0.4) is 0 Å².